The fourth-order valence-corrected chi connectivity index (χ4v) is 4.13. The first-order valence-electron chi connectivity index (χ1n) is 9.12. The second-order valence-electron chi connectivity index (χ2n) is 7.02. The van der Waals surface area contributed by atoms with Gasteiger partial charge in [0.1, 0.15) is 6.10 Å². The van der Waals surface area contributed by atoms with E-state index in [4.69, 9.17) is 0 Å². The minimum Gasteiger partial charge on any atom is -0.384 e. The molecule has 2 aliphatic rings. The number of fused-ring (bicyclic) bond motifs is 1. The third-order valence-corrected chi connectivity index (χ3v) is 5.39. The van der Waals surface area contributed by atoms with Crippen LogP contribution in [0.3, 0.4) is 0 Å². The molecule has 4 rings (SSSR count). The van der Waals surface area contributed by atoms with Crippen molar-refractivity contribution >= 4 is 6.08 Å². The van der Waals surface area contributed by atoms with E-state index in [-0.39, 0.29) is 6.04 Å². The third-order valence-electron chi connectivity index (χ3n) is 5.39. The summed E-state index contributed by atoms with van der Waals surface area (Å²) in [5, 5.41) is 14.7. The van der Waals surface area contributed by atoms with Gasteiger partial charge in [-0.05, 0) is 35.1 Å². The van der Waals surface area contributed by atoms with Crippen molar-refractivity contribution in [2.75, 3.05) is 0 Å². The molecule has 0 heterocycles. The van der Waals surface area contributed by atoms with Crippen molar-refractivity contribution in [1.29, 1.82) is 0 Å². The van der Waals surface area contributed by atoms with Gasteiger partial charge in [0.15, 0.2) is 0 Å². The molecule has 0 aliphatic heterocycles. The summed E-state index contributed by atoms with van der Waals surface area (Å²) in [6.07, 6.45) is 8.11. The Morgan fingerprint density at radius 2 is 1.50 bits per heavy atom. The normalized spacial score (nSPS) is 25.8. The van der Waals surface area contributed by atoms with E-state index in [1.54, 1.807) is 0 Å². The van der Waals surface area contributed by atoms with Gasteiger partial charge >= 0.3 is 0 Å². The summed E-state index contributed by atoms with van der Waals surface area (Å²) in [4.78, 5) is 0. The number of hydrogen-bond acceptors (Lipinski definition) is 2. The molecular weight excluding hydrogens is 294 g/mol. The van der Waals surface area contributed by atoms with E-state index in [9.17, 15) is 5.11 Å². The van der Waals surface area contributed by atoms with Crippen LogP contribution >= 0.6 is 0 Å². The molecule has 0 unspecified atom stereocenters. The Labute approximate surface area is 144 Å². The Hall–Kier alpha value is -1.90. The van der Waals surface area contributed by atoms with Crippen LogP contribution in [0.5, 0.6) is 0 Å². The van der Waals surface area contributed by atoms with Gasteiger partial charge in [-0.2, -0.15) is 0 Å². The van der Waals surface area contributed by atoms with Crippen molar-refractivity contribution in [3.63, 3.8) is 0 Å². The van der Waals surface area contributed by atoms with Gasteiger partial charge in [-0.25, -0.2) is 0 Å². The maximum absolute atomic E-state index is 10.9. The Morgan fingerprint density at radius 3 is 2.25 bits per heavy atom. The van der Waals surface area contributed by atoms with E-state index in [2.05, 4.69) is 41.7 Å². The zero-order chi connectivity index (χ0) is 16.4. The molecule has 24 heavy (non-hydrogen) atoms. The number of nitrogens with one attached hydrogen (secondary N) is 1. The van der Waals surface area contributed by atoms with Gasteiger partial charge in [0.25, 0.3) is 0 Å². The topological polar surface area (TPSA) is 32.3 Å². The first-order chi connectivity index (χ1) is 11.8. The summed E-state index contributed by atoms with van der Waals surface area (Å²) in [6, 6.07) is 19.3. The molecule has 2 atom stereocenters. The zero-order valence-corrected chi connectivity index (χ0v) is 14.0. The van der Waals surface area contributed by atoms with Gasteiger partial charge in [0, 0.05) is 6.04 Å². The summed E-state index contributed by atoms with van der Waals surface area (Å²) in [6.45, 7) is 0. The lowest BCUT2D eigenvalue weighted by atomic mass is 9.93. The predicted octanol–water partition coefficient (Wildman–Crippen LogP) is 4.78. The highest BCUT2D eigenvalue weighted by Crippen LogP contribution is 2.44. The van der Waals surface area contributed by atoms with Crippen LogP contribution in [0.25, 0.3) is 6.08 Å². The molecule has 0 spiro atoms. The molecule has 0 aromatic heterocycles. The summed E-state index contributed by atoms with van der Waals surface area (Å²) in [5.74, 6) is 0. The van der Waals surface area contributed by atoms with Crippen LogP contribution in [-0.2, 0) is 0 Å². The van der Waals surface area contributed by atoms with Gasteiger partial charge in [0.05, 0.1) is 6.04 Å². The highest BCUT2D eigenvalue weighted by molar-refractivity contribution is 5.61. The molecule has 2 nitrogen and oxygen atoms in total. The average Bonchev–Trinajstić information content (AvgIpc) is 2.90. The molecule has 2 N–H and O–H groups in total. The first kappa shape index (κ1) is 15.6. The van der Waals surface area contributed by atoms with Crippen LogP contribution in [-0.4, -0.2) is 11.1 Å². The van der Waals surface area contributed by atoms with Gasteiger partial charge in [-0.3, -0.25) is 0 Å². The second kappa shape index (κ2) is 6.92. The molecular formula is C22H25NO. The quantitative estimate of drug-likeness (QED) is 0.853. The lowest BCUT2D eigenvalue weighted by Gasteiger charge is -2.28. The lowest BCUT2D eigenvalue weighted by molar-refractivity contribution is 0.215. The van der Waals surface area contributed by atoms with Crippen LogP contribution in [0.2, 0.25) is 0 Å². The Kier molecular flexibility index (Phi) is 4.50. The molecule has 2 aromatic rings. The monoisotopic (exact) mass is 319 g/mol. The van der Waals surface area contributed by atoms with E-state index in [1.165, 1.54) is 37.7 Å². The summed E-state index contributed by atoms with van der Waals surface area (Å²) >= 11 is 0. The lowest BCUT2D eigenvalue weighted by Crippen LogP contribution is -2.34. The van der Waals surface area contributed by atoms with Crippen molar-refractivity contribution in [2.24, 2.45) is 0 Å². The number of rotatable bonds is 3. The van der Waals surface area contributed by atoms with E-state index >= 15 is 0 Å². The molecule has 0 bridgehead atoms. The molecule has 2 aliphatic carbocycles. The van der Waals surface area contributed by atoms with E-state index in [1.807, 2.05) is 24.3 Å². The predicted molar refractivity (Wildman–Crippen MR) is 98.6 cm³/mol. The number of hydrogen-bond donors (Lipinski definition) is 2. The molecule has 1 fully saturated rings. The largest absolute Gasteiger partial charge is 0.384 e. The fourth-order valence-electron chi connectivity index (χ4n) is 4.13. The Morgan fingerprint density at radius 1 is 0.833 bits per heavy atom. The van der Waals surface area contributed by atoms with Crippen LogP contribution in [0.1, 0.15) is 60.9 Å². The van der Waals surface area contributed by atoms with E-state index in [0.717, 1.165) is 16.7 Å². The molecule has 2 aromatic carbocycles. The third kappa shape index (κ3) is 3.04. The standard InChI is InChI=1S/C22H25NO/c24-22-19-14-8-7-13-18(19)21(23-17-11-5-2-6-12-17)20(22)15-16-9-3-1-4-10-16/h1,3-4,7-10,13-15,17,21-24H,2,5-6,11-12H2/b20-15+/t21-,22-/m1/s1. The molecule has 0 saturated heterocycles. The Bertz CT molecular complexity index is 716. The molecule has 0 amide bonds. The molecule has 124 valence electrons. The average molecular weight is 319 g/mol. The Balaban J connectivity index is 1.69. The van der Waals surface area contributed by atoms with Crippen LogP contribution in [0, 0.1) is 0 Å². The summed E-state index contributed by atoms with van der Waals surface area (Å²) in [5.41, 5.74) is 4.51. The van der Waals surface area contributed by atoms with Crippen molar-refractivity contribution < 1.29 is 5.11 Å². The number of aliphatic hydroxyl groups excluding tert-OH is 1. The molecule has 0 radical (unpaired) electrons. The minimum atomic E-state index is -0.512. The van der Waals surface area contributed by atoms with Gasteiger partial charge in [0.2, 0.25) is 0 Å². The van der Waals surface area contributed by atoms with Crippen molar-refractivity contribution in [2.45, 2.75) is 50.3 Å². The van der Waals surface area contributed by atoms with Crippen LogP contribution < -0.4 is 5.32 Å². The minimum absolute atomic E-state index is 0.125. The highest BCUT2D eigenvalue weighted by Gasteiger charge is 2.35. The molecule has 2 heteroatoms. The van der Waals surface area contributed by atoms with Crippen molar-refractivity contribution in [1.82, 2.24) is 5.32 Å². The van der Waals surface area contributed by atoms with Gasteiger partial charge in [-0.15, -0.1) is 0 Å². The second-order valence-corrected chi connectivity index (χ2v) is 7.02. The van der Waals surface area contributed by atoms with Crippen molar-refractivity contribution in [3.05, 3.63) is 76.9 Å². The van der Waals surface area contributed by atoms with Crippen LogP contribution in [0.4, 0.5) is 0 Å². The van der Waals surface area contributed by atoms with E-state index in [0.29, 0.717) is 6.04 Å². The van der Waals surface area contributed by atoms with Crippen molar-refractivity contribution in [3.8, 4) is 0 Å². The zero-order valence-electron chi connectivity index (χ0n) is 14.0. The van der Waals surface area contributed by atoms with E-state index < -0.39 is 6.10 Å². The number of benzene rings is 2. The molecule has 1 saturated carbocycles. The van der Waals surface area contributed by atoms with Gasteiger partial charge in [-0.1, -0.05) is 79.9 Å². The highest BCUT2D eigenvalue weighted by atomic mass is 16.3. The fraction of sp³-hybridized carbons (Fsp3) is 0.364. The maximum Gasteiger partial charge on any atom is 0.103 e. The first-order valence-corrected chi connectivity index (χ1v) is 9.12. The number of aliphatic hydroxyl groups is 1. The summed E-state index contributed by atoms with van der Waals surface area (Å²) < 4.78 is 0. The summed E-state index contributed by atoms with van der Waals surface area (Å²) in [7, 11) is 0. The SMILES string of the molecule is O[C@H]1/C(=C/c2ccccc2)[C@H](NC2CCCCC2)c2ccccc21. The maximum atomic E-state index is 10.9. The van der Waals surface area contributed by atoms with Gasteiger partial charge < -0.3 is 10.4 Å². The van der Waals surface area contributed by atoms with Crippen LogP contribution in [0.15, 0.2) is 60.2 Å². The smallest absolute Gasteiger partial charge is 0.103 e.